The van der Waals surface area contributed by atoms with E-state index in [-0.39, 0.29) is 5.91 Å². The molecule has 0 radical (unpaired) electrons. The standard InChI is InChI=1S/C16H19N3O/c1-2-7-12-8-3-5-10-14(12)18-16(20)13-9-4-6-11-15(13)19-17/h3-6,8-11,19H,2,7,17H2,1H3,(H,18,20). The molecule has 2 aromatic carbocycles. The van der Waals surface area contributed by atoms with E-state index in [1.54, 1.807) is 12.1 Å². The molecule has 0 saturated heterocycles. The third kappa shape index (κ3) is 3.16. The summed E-state index contributed by atoms with van der Waals surface area (Å²) in [7, 11) is 0. The van der Waals surface area contributed by atoms with Gasteiger partial charge in [0, 0.05) is 5.69 Å². The van der Waals surface area contributed by atoms with Gasteiger partial charge in [-0.2, -0.15) is 0 Å². The Balaban J connectivity index is 2.24. The third-order valence-corrected chi connectivity index (χ3v) is 3.11. The Kier molecular flexibility index (Phi) is 4.74. The van der Waals surface area contributed by atoms with Crippen LogP contribution in [0.15, 0.2) is 48.5 Å². The monoisotopic (exact) mass is 269 g/mol. The van der Waals surface area contributed by atoms with E-state index in [1.807, 2.05) is 36.4 Å². The number of carbonyl (C=O) groups excluding carboxylic acids is 1. The lowest BCUT2D eigenvalue weighted by Gasteiger charge is -2.12. The van der Waals surface area contributed by atoms with Crippen molar-refractivity contribution < 1.29 is 4.79 Å². The van der Waals surface area contributed by atoms with Crippen LogP contribution >= 0.6 is 0 Å². The number of nitrogens with one attached hydrogen (secondary N) is 2. The Morgan fingerprint density at radius 3 is 2.40 bits per heavy atom. The van der Waals surface area contributed by atoms with Gasteiger partial charge in [0.05, 0.1) is 11.3 Å². The van der Waals surface area contributed by atoms with Gasteiger partial charge in [-0.25, -0.2) is 0 Å². The molecule has 2 rings (SSSR count). The molecule has 0 fully saturated rings. The molecule has 1 amide bonds. The molecule has 2 aromatic rings. The second-order valence-corrected chi connectivity index (χ2v) is 4.55. The minimum Gasteiger partial charge on any atom is -0.323 e. The Hall–Kier alpha value is -2.33. The molecular formula is C16H19N3O. The maximum absolute atomic E-state index is 12.3. The molecular weight excluding hydrogens is 250 g/mol. The van der Waals surface area contributed by atoms with Crippen molar-refractivity contribution in [2.75, 3.05) is 10.7 Å². The normalized spacial score (nSPS) is 10.1. The van der Waals surface area contributed by atoms with E-state index in [2.05, 4.69) is 17.7 Å². The summed E-state index contributed by atoms with van der Waals surface area (Å²) in [6, 6.07) is 15.0. The average Bonchev–Trinajstić information content (AvgIpc) is 2.49. The average molecular weight is 269 g/mol. The number of benzene rings is 2. The number of hydrazine groups is 1. The maximum Gasteiger partial charge on any atom is 0.257 e. The molecule has 0 heterocycles. The van der Waals surface area contributed by atoms with Crippen LogP contribution in [-0.2, 0) is 6.42 Å². The molecule has 4 N–H and O–H groups in total. The van der Waals surface area contributed by atoms with Gasteiger partial charge in [0.1, 0.15) is 0 Å². The van der Waals surface area contributed by atoms with E-state index in [1.165, 1.54) is 0 Å². The third-order valence-electron chi connectivity index (χ3n) is 3.11. The van der Waals surface area contributed by atoms with E-state index < -0.39 is 0 Å². The number of nitrogen functional groups attached to an aromatic ring is 1. The van der Waals surface area contributed by atoms with E-state index in [0.29, 0.717) is 11.3 Å². The van der Waals surface area contributed by atoms with Crippen LogP contribution in [0.4, 0.5) is 11.4 Å². The summed E-state index contributed by atoms with van der Waals surface area (Å²) < 4.78 is 0. The lowest BCUT2D eigenvalue weighted by atomic mass is 10.1. The van der Waals surface area contributed by atoms with Gasteiger partial charge in [-0.05, 0) is 30.2 Å². The molecule has 0 atom stereocenters. The molecule has 0 aliphatic heterocycles. The fourth-order valence-electron chi connectivity index (χ4n) is 2.13. The number of hydrogen-bond acceptors (Lipinski definition) is 3. The molecule has 0 aromatic heterocycles. The van der Waals surface area contributed by atoms with Crippen molar-refractivity contribution in [3.63, 3.8) is 0 Å². The van der Waals surface area contributed by atoms with Crippen LogP contribution in [0, 0.1) is 0 Å². The number of anilines is 2. The van der Waals surface area contributed by atoms with Gasteiger partial charge < -0.3 is 10.7 Å². The summed E-state index contributed by atoms with van der Waals surface area (Å²) in [6.07, 6.45) is 1.97. The van der Waals surface area contributed by atoms with Crippen molar-refractivity contribution in [2.24, 2.45) is 5.84 Å². The molecule has 20 heavy (non-hydrogen) atoms. The van der Waals surface area contributed by atoms with E-state index in [4.69, 9.17) is 5.84 Å². The Labute approximate surface area is 119 Å². The van der Waals surface area contributed by atoms with Crippen LogP contribution in [-0.4, -0.2) is 5.91 Å². The molecule has 0 bridgehead atoms. The fourth-order valence-corrected chi connectivity index (χ4v) is 2.13. The Bertz CT molecular complexity index is 596. The minimum absolute atomic E-state index is 0.165. The van der Waals surface area contributed by atoms with Crippen LogP contribution in [0.2, 0.25) is 0 Å². The number of rotatable bonds is 5. The van der Waals surface area contributed by atoms with Gasteiger partial charge in [-0.1, -0.05) is 43.7 Å². The minimum atomic E-state index is -0.165. The fraction of sp³-hybridized carbons (Fsp3) is 0.188. The van der Waals surface area contributed by atoms with E-state index in [0.717, 1.165) is 24.1 Å². The number of carbonyl (C=O) groups is 1. The Morgan fingerprint density at radius 1 is 1.05 bits per heavy atom. The van der Waals surface area contributed by atoms with Crippen LogP contribution < -0.4 is 16.6 Å². The number of para-hydroxylation sites is 2. The van der Waals surface area contributed by atoms with Gasteiger partial charge >= 0.3 is 0 Å². The predicted octanol–water partition coefficient (Wildman–Crippen LogP) is 3.18. The molecule has 0 saturated carbocycles. The SMILES string of the molecule is CCCc1ccccc1NC(=O)c1ccccc1NN. The van der Waals surface area contributed by atoms with E-state index in [9.17, 15) is 4.79 Å². The zero-order valence-electron chi connectivity index (χ0n) is 11.5. The van der Waals surface area contributed by atoms with Gasteiger partial charge in [0.25, 0.3) is 5.91 Å². The van der Waals surface area contributed by atoms with Gasteiger partial charge in [-0.15, -0.1) is 0 Å². The largest absolute Gasteiger partial charge is 0.323 e. The van der Waals surface area contributed by atoms with Crippen LogP contribution in [0.5, 0.6) is 0 Å². The molecule has 0 aliphatic rings. The lowest BCUT2D eigenvalue weighted by Crippen LogP contribution is -2.17. The first-order chi connectivity index (χ1) is 9.76. The highest BCUT2D eigenvalue weighted by molar-refractivity contribution is 6.08. The summed E-state index contributed by atoms with van der Waals surface area (Å²) in [5.41, 5.74) is 5.67. The van der Waals surface area contributed by atoms with Crippen LogP contribution in [0.1, 0.15) is 29.3 Å². The first-order valence-electron chi connectivity index (χ1n) is 6.71. The van der Waals surface area contributed by atoms with Gasteiger partial charge in [-0.3, -0.25) is 10.6 Å². The zero-order chi connectivity index (χ0) is 14.4. The highest BCUT2D eigenvalue weighted by atomic mass is 16.1. The summed E-state index contributed by atoms with van der Waals surface area (Å²) >= 11 is 0. The topological polar surface area (TPSA) is 67.2 Å². The van der Waals surface area contributed by atoms with Crippen molar-refractivity contribution in [2.45, 2.75) is 19.8 Å². The second kappa shape index (κ2) is 6.73. The van der Waals surface area contributed by atoms with Crippen LogP contribution in [0.3, 0.4) is 0 Å². The van der Waals surface area contributed by atoms with Crippen molar-refractivity contribution in [3.05, 3.63) is 59.7 Å². The highest BCUT2D eigenvalue weighted by Gasteiger charge is 2.11. The molecule has 4 nitrogen and oxygen atoms in total. The first-order valence-corrected chi connectivity index (χ1v) is 6.71. The number of amides is 1. The molecule has 0 aliphatic carbocycles. The van der Waals surface area contributed by atoms with Crippen molar-refractivity contribution in [3.8, 4) is 0 Å². The van der Waals surface area contributed by atoms with Gasteiger partial charge in [0.15, 0.2) is 0 Å². The second-order valence-electron chi connectivity index (χ2n) is 4.55. The molecule has 0 spiro atoms. The van der Waals surface area contributed by atoms with Crippen molar-refractivity contribution >= 4 is 17.3 Å². The summed E-state index contributed by atoms with van der Waals surface area (Å²) in [5, 5.41) is 2.95. The zero-order valence-corrected chi connectivity index (χ0v) is 11.5. The first kappa shape index (κ1) is 14.1. The quantitative estimate of drug-likeness (QED) is 0.577. The highest BCUT2D eigenvalue weighted by Crippen LogP contribution is 2.20. The molecule has 4 heteroatoms. The van der Waals surface area contributed by atoms with Crippen molar-refractivity contribution in [1.82, 2.24) is 0 Å². The van der Waals surface area contributed by atoms with Crippen LogP contribution in [0.25, 0.3) is 0 Å². The predicted molar refractivity (Wildman–Crippen MR) is 82.6 cm³/mol. The number of nitrogens with two attached hydrogens (primary N) is 1. The lowest BCUT2D eigenvalue weighted by molar-refractivity contribution is 0.102. The maximum atomic E-state index is 12.3. The Morgan fingerprint density at radius 2 is 1.70 bits per heavy atom. The molecule has 0 unspecified atom stereocenters. The van der Waals surface area contributed by atoms with Gasteiger partial charge in [0.2, 0.25) is 0 Å². The number of aryl methyl sites for hydroxylation is 1. The van der Waals surface area contributed by atoms with E-state index >= 15 is 0 Å². The summed E-state index contributed by atoms with van der Waals surface area (Å²) in [6.45, 7) is 2.12. The smallest absolute Gasteiger partial charge is 0.257 e. The number of hydrogen-bond donors (Lipinski definition) is 3. The molecule has 104 valence electrons. The van der Waals surface area contributed by atoms with Crippen molar-refractivity contribution in [1.29, 1.82) is 0 Å². The summed E-state index contributed by atoms with van der Waals surface area (Å²) in [5.74, 6) is 5.26. The summed E-state index contributed by atoms with van der Waals surface area (Å²) in [4.78, 5) is 12.3.